The number of ketones is 2. The fourth-order valence-electron chi connectivity index (χ4n) is 4.14. The van der Waals surface area contributed by atoms with Gasteiger partial charge in [0.2, 0.25) is 0 Å². The summed E-state index contributed by atoms with van der Waals surface area (Å²) in [6, 6.07) is 4.91. The smallest absolute Gasteiger partial charge is 0.306 e. The maximum atomic E-state index is 13.0. The third-order valence-corrected chi connectivity index (χ3v) is 6.17. The van der Waals surface area contributed by atoms with Crippen LogP contribution >= 0.6 is 0 Å². The van der Waals surface area contributed by atoms with E-state index in [4.69, 9.17) is 4.74 Å². The van der Waals surface area contributed by atoms with Crippen LogP contribution in [-0.2, 0) is 25.5 Å². The minimum atomic E-state index is -1.30. The first kappa shape index (κ1) is 22.8. The number of ether oxygens (including phenoxy) is 1. The van der Waals surface area contributed by atoms with Gasteiger partial charge in [0.1, 0.15) is 11.3 Å². The van der Waals surface area contributed by atoms with Crippen LogP contribution in [0, 0.1) is 0 Å². The summed E-state index contributed by atoms with van der Waals surface area (Å²) in [4.78, 5) is 63.0. The molecule has 1 aromatic carbocycles. The molecule has 1 aliphatic heterocycles. The van der Waals surface area contributed by atoms with Crippen LogP contribution in [0.5, 0.6) is 0 Å². The SMILES string of the molecule is CCCCCCOC(=O)CCc1ccc2c(c1)C(=O)N([C@@]1(C)CCC(=O)CC1=O)C2=O. The van der Waals surface area contributed by atoms with Gasteiger partial charge < -0.3 is 4.74 Å². The van der Waals surface area contributed by atoms with E-state index in [1.54, 1.807) is 25.1 Å². The van der Waals surface area contributed by atoms with Crippen molar-refractivity contribution in [3.63, 3.8) is 0 Å². The van der Waals surface area contributed by atoms with Crippen LogP contribution in [0.1, 0.15) is 91.5 Å². The first-order chi connectivity index (χ1) is 14.8. The normalized spacial score (nSPS) is 20.9. The molecule has 7 heteroatoms. The second-order valence-electron chi connectivity index (χ2n) is 8.52. The van der Waals surface area contributed by atoms with Crippen LogP contribution in [0.2, 0.25) is 0 Å². The van der Waals surface area contributed by atoms with E-state index in [-0.39, 0.29) is 48.6 Å². The third-order valence-electron chi connectivity index (χ3n) is 6.17. The highest BCUT2D eigenvalue weighted by Crippen LogP contribution is 2.36. The number of esters is 1. The summed E-state index contributed by atoms with van der Waals surface area (Å²) in [5, 5.41) is 0. The monoisotopic (exact) mass is 427 g/mol. The molecule has 0 bridgehead atoms. The molecule has 31 heavy (non-hydrogen) atoms. The number of unbranched alkanes of at least 4 members (excludes halogenated alkanes) is 3. The average molecular weight is 427 g/mol. The van der Waals surface area contributed by atoms with Gasteiger partial charge in [-0.3, -0.25) is 28.9 Å². The Bertz CT molecular complexity index is 921. The Hall–Kier alpha value is -2.83. The third kappa shape index (κ3) is 4.75. The Kier molecular flexibility index (Phi) is 7.03. The van der Waals surface area contributed by atoms with Crippen molar-refractivity contribution >= 4 is 29.4 Å². The number of fused-ring (bicyclic) bond motifs is 1. The molecule has 1 saturated carbocycles. The highest BCUT2D eigenvalue weighted by molar-refractivity contribution is 6.24. The molecule has 1 heterocycles. The van der Waals surface area contributed by atoms with E-state index in [1.807, 2.05) is 0 Å². The topological polar surface area (TPSA) is 97.8 Å². The molecule has 0 spiro atoms. The van der Waals surface area contributed by atoms with Gasteiger partial charge in [0.15, 0.2) is 5.78 Å². The maximum absolute atomic E-state index is 13.0. The molecule has 7 nitrogen and oxygen atoms in total. The number of Topliss-reactive ketones (excluding diaryl/α,β-unsaturated/α-hetero) is 2. The van der Waals surface area contributed by atoms with Crippen LogP contribution in [-0.4, -0.2) is 46.4 Å². The summed E-state index contributed by atoms with van der Waals surface area (Å²) in [5.41, 5.74) is -0.0671. The van der Waals surface area contributed by atoms with Crippen LogP contribution in [0.3, 0.4) is 0 Å². The summed E-state index contributed by atoms with van der Waals surface area (Å²) < 4.78 is 5.24. The molecule has 1 fully saturated rings. The molecule has 1 aromatic rings. The van der Waals surface area contributed by atoms with E-state index in [0.29, 0.717) is 13.0 Å². The largest absolute Gasteiger partial charge is 0.466 e. The van der Waals surface area contributed by atoms with Gasteiger partial charge in [0, 0.05) is 12.8 Å². The van der Waals surface area contributed by atoms with Crippen LogP contribution < -0.4 is 0 Å². The molecule has 1 aliphatic carbocycles. The highest BCUT2D eigenvalue weighted by Gasteiger charge is 2.52. The van der Waals surface area contributed by atoms with Crippen molar-refractivity contribution in [2.45, 2.75) is 77.2 Å². The Morgan fingerprint density at radius 2 is 1.81 bits per heavy atom. The number of carbonyl (C=O) groups is 5. The van der Waals surface area contributed by atoms with E-state index in [0.717, 1.165) is 36.1 Å². The van der Waals surface area contributed by atoms with E-state index in [9.17, 15) is 24.0 Å². The quantitative estimate of drug-likeness (QED) is 0.259. The summed E-state index contributed by atoms with van der Waals surface area (Å²) in [6.45, 7) is 4.09. The number of amides is 2. The number of carbonyl (C=O) groups excluding carboxylic acids is 5. The van der Waals surface area contributed by atoms with E-state index in [1.165, 1.54) is 0 Å². The maximum Gasteiger partial charge on any atom is 0.306 e. The number of hydrogen-bond donors (Lipinski definition) is 0. The van der Waals surface area contributed by atoms with Crippen molar-refractivity contribution < 1.29 is 28.7 Å². The van der Waals surface area contributed by atoms with Crippen LogP contribution in [0.25, 0.3) is 0 Å². The number of rotatable bonds is 9. The zero-order valence-electron chi connectivity index (χ0n) is 18.2. The zero-order valence-corrected chi connectivity index (χ0v) is 18.2. The van der Waals surface area contributed by atoms with Crippen molar-refractivity contribution in [2.24, 2.45) is 0 Å². The molecule has 2 aliphatic rings. The predicted molar refractivity (Wildman–Crippen MR) is 113 cm³/mol. The molecular weight excluding hydrogens is 398 g/mol. The first-order valence-corrected chi connectivity index (χ1v) is 11.0. The van der Waals surface area contributed by atoms with Gasteiger partial charge >= 0.3 is 5.97 Å². The lowest BCUT2D eigenvalue weighted by molar-refractivity contribution is -0.143. The molecule has 2 amide bonds. The van der Waals surface area contributed by atoms with Crippen molar-refractivity contribution in [3.8, 4) is 0 Å². The van der Waals surface area contributed by atoms with Gasteiger partial charge in [-0.25, -0.2) is 0 Å². The lowest BCUT2D eigenvalue weighted by Gasteiger charge is -2.38. The molecule has 1 atom stereocenters. The average Bonchev–Trinajstić information content (AvgIpc) is 2.99. The van der Waals surface area contributed by atoms with Gasteiger partial charge in [0.05, 0.1) is 24.2 Å². The van der Waals surface area contributed by atoms with Gasteiger partial charge in [0.25, 0.3) is 11.8 Å². The first-order valence-electron chi connectivity index (χ1n) is 11.0. The lowest BCUT2D eigenvalue weighted by Crippen LogP contribution is -2.57. The number of aryl methyl sites for hydroxylation is 1. The Balaban J connectivity index is 1.64. The Morgan fingerprint density at radius 3 is 2.52 bits per heavy atom. The standard InChI is InChI=1S/C24H29NO6/c1-3-4-5-6-13-31-21(28)10-8-16-7-9-18-19(14-16)23(30)25(22(18)29)24(2)12-11-17(26)15-20(24)27/h7,9,14H,3-6,8,10-13,15H2,1-2H3/t24-/m0/s1. The summed E-state index contributed by atoms with van der Waals surface area (Å²) in [6.07, 6.45) is 4.78. The minimum Gasteiger partial charge on any atom is -0.466 e. The second kappa shape index (κ2) is 9.54. The molecule has 0 unspecified atom stereocenters. The van der Waals surface area contributed by atoms with Crippen LogP contribution in [0.15, 0.2) is 18.2 Å². The fourth-order valence-corrected chi connectivity index (χ4v) is 4.14. The summed E-state index contributed by atoms with van der Waals surface area (Å²) >= 11 is 0. The number of imide groups is 1. The molecular formula is C24H29NO6. The second-order valence-corrected chi connectivity index (χ2v) is 8.52. The minimum absolute atomic E-state index is 0.146. The molecule has 3 rings (SSSR count). The lowest BCUT2D eigenvalue weighted by atomic mass is 9.80. The molecule has 0 radical (unpaired) electrons. The fraction of sp³-hybridized carbons (Fsp3) is 0.542. The van der Waals surface area contributed by atoms with E-state index >= 15 is 0 Å². The zero-order chi connectivity index (χ0) is 22.6. The van der Waals surface area contributed by atoms with Gasteiger partial charge in [-0.1, -0.05) is 32.3 Å². The van der Waals surface area contributed by atoms with Crippen molar-refractivity contribution in [1.29, 1.82) is 0 Å². The van der Waals surface area contributed by atoms with Crippen molar-refractivity contribution in [3.05, 3.63) is 34.9 Å². The Labute approximate surface area is 182 Å². The van der Waals surface area contributed by atoms with E-state index < -0.39 is 23.1 Å². The van der Waals surface area contributed by atoms with Crippen LogP contribution in [0.4, 0.5) is 0 Å². The number of benzene rings is 1. The summed E-state index contributed by atoms with van der Waals surface area (Å²) in [7, 11) is 0. The molecule has 0 saturated heterocycles. The van der Waals surface area contributed by atoms with Gasteiger partial charge in [-0.2, -0.15) is 0 Å². The van der Waals surface area contributed by atoms with Gasteiger partial charge in [-0.15, -0.1) is 0 Å². The highest BCUT2D eigenvalue weighted by atomic mass is 16.5. The van der Waals surface area contributed by atoms with E-state index in [2.05, 4.69) is 6.92 Å². The number of hydrogen-bond acceptors (Lipinski definition) is 6. The molecule has 0 N–H and O–H groups in total. The number of nitrogens with zero attached hydrogens (tertiary/aromatic N) is 1. The Morgan fingerprint density at radius 1 is 1.06 bits per heavy atom. The molecule has 0 aromatic heterocycles. The molecule has 166 valence electrons. The van der Waals surface area contributed by atoms with Crippen molar-refractivity contribution in [2.75, 3.05) is 6.61 Å². The predicted octanol–water partition coefficient (Wildman–Crippen LogP) is 3.42. The van der Waals surface area contributed by atoms with Gasteiger partial charge in [-0.05, 0) is 43.9 Å². The van der Waals surface area contributed by atoms with Crippen molar-refractivity contribution in [1.82, 2.24) is 4.90 Å². The summed E-state index contributed by atoms with van der Waals surface area (Å²) in [5.74, 6) is -1.89.